The highest BCUT2D eigenvalue weighted by molar-refractivity contribution is 4.55. The van der Waals surface area contributed by atoms with Gasteiger partial charge in [0.2, 0.25) is 0 Å². The molecule has 2 heteroatoms. The van der Waals surface area contributed by atoms with Crippen LogP contribution < -0.4 is 0 Å². The van der Waals surface area contributed by atoms with E-state index in [-0.39, 0.29) is 13.2 Å². The van der Waals surface area contributed by atoms with Crippen LogP contribution in [0.15, 0.2) is 0 Å². The molecule has 0 saturated heterocycles. The zero-order chi connectivity index (χ0) is 7.98. The van der Waals surface area contributed by atoms with Gasteiger partial charge in [0.25, 0.3) is 0 Å². The lowest BCUT2D eigenvalue weighted by Gasteiger charge is -2.10. The highest BCUT2D eigenvalue weighted by Crippen LogP contribution is 2.10. The second-order valence-electron chi connectivity index (χ2n) is 3.15. The SMILES string of the molecule is CC(CO)CCC(C)CO. The van der Waals surface area contributed by atoms with Crippen molar-refractivity contribution < 1.29 is 10.2 Å². The summed E-state index contributed by atoms with van der Waals surface area (Å²) in [5, 5.41) is 17.3. The van der Waals surface area contributed by atoms with E-state index in [1.54, 1.807) is 0 Å². The van der Waals surface area contributed by atoms with Gasteiger partial charge in [-0.05, 0) is 24.7 Å². The van der Waals surface area contributed by atoms with Crippen LogP contribution in [0.4, 0.5) is 0 Å². The van der Waals surface area contributed by atoms with E-state index in [9.17, 15) is 0 Å². The Bertz CT molecular complexity index is 63.7. The second-order valence-corrected chi connectivity index (χ2v) is 3.15. The molecule has 0 radical (unpaired) electrons. The fraction of sp³-hybridized carbons (Fsp3) is 1.00. The first kappa shape index (κ1) is 9.92. The van der Waals surface area contributed by atoms with E-state index in [1.165, 1.54) is 0 Å². The fourth-order valence-electron chi connectivity index (χ4n) is 0.752. The molecule has 2 N–H and O–H groups in total. The molecule has 0 aliphatic heterocycles. The minimum atomic E-state index is 0.262. The van der Waals surface area contributed by atoms with Gasteiger partial charge in [-0.1, -0.05) is 13.8 Å². The van der Waals surface area contributed by atoms with Crippen LogP contribution >= 0.6 is 0 Å². The molecule has 0 bridgehead atoms. The summed E-state index contributed by atoms with van der Waals surface area (Å²) in [4.78, 5) is 0. The van der Waals surface area contributed by atoms with E-state index in [2.05, 4.69) is 0 Å². The topological polar surface area (TPSA) is 40.5 Å². The number of rotatable bonds is 5. The average Bonchev–Trinajstić information content (AvgIpc) is 1.99. The Balaban J connectivity index is 3.17. The highest BCUT2D eigenvalue weighted by atomic mass is 16.3. The van der Waals surface area contributed by atoms with E-state index in [1.807, 2.05) is 13.8 Å². The Morgan fingerprint density at radius 2 is 1.20 bits per heavy atom. The molecule has 0 rings (SSSR count). The standard InChI is InChI=1S/C8H18O2/c1-7(5-9)3-4-8(2)6-10/h7-10H,3-6H2,1-2H3. The molecule has 0 saturated carbocycles. The maximum Gasteiger partial charge on any atom is 0.0456 e. The van der Waals surface area contributed by atoms with Gasteiger partial charge in [-0.2, -0.15) is 0 Å². The second kappa shape index (κ2) is 5.69. The lowest BCUT2D eigenvalue weighted by atomic mass is 9.99. The molecular formula is C8H18O2. The molecule has 2 nitrogen and oxygen atoms in total. The molecule has 0 aromatic heterocycles. The van der Waals surface area contributed by atoms with Crippen LogP contribution in [0.1, 0.15) is 26.7 Å². The third-order valence-electron chi connectivity index (χ3n) is 1.78. The third kappa shape index (κ3) is 4.77. The van der Waals surface area contributed by atoms with Crippen LogP contribution in [0.5, 0.6) is 0 Å². The van der Waals surface area contributed by atoms with Crippen molar-refractivity contribution in [2.75, 3.05) is 13.2 Å². The summed E-state index contributed by atoms with van der Waals surface area (Å²) < 4.78 is 0. The molecule has 0 aliphatic rings. The summed E-state index contributed by atoms with van der Waals surface area (Å²) in [6, 6.07) is 0. The summed E-state index contributed by atoms with van der Waals surface area (Å²) in [6.45, 7) is 4.56. The summed E-state index contributed by atoms with van der Waals surface area (Å²) in [6.07, 6.45) is 2.02. The summed E-state index contributed by atoms with van der Waals surface area (Å²) >= 11 is 0. The average molecular weight is 146 g/mol. The van der Waals surface area contributed by atoms with Gasteiger partial charge < -0.3 is 10.2 Å². The lowest BCUT2D eigenvalue weighted by molar-refractivity contribution is 0.197. The summed E-state index contributed by atoms with van der Waals surface area (Å²) in [7, 11) is 0. The van der Waals surface area contributed by atoms with Crippen LogP contribution in [0, 0.1) is 11.8 Å². The zero-order valence-electron chi connectivity index (χ0n) is 6.88. The molecular weight excluding hydrogens is 128 g/mol. The van der Waals surface area contributed by atoms with Gasteiger partial charge >= 0.3 is 0 Å². The first-order valence-electron chi connectivity index (χ1n) is 3.92. The first-order chi connectivity index (χ1) is 4.70. The van der Waals surface area contributed by atoms with Gasteiger partial charge in [0, 0.05) is 13.2 Å². The normalized spacial score (nSPS) is 16.8. The van der Waals surface area contributed by atoms with Crippen LogP contribution in [0.3, 0.4) is 0 Å². The quantitative estimate of drug-likeness (QED) is 0.608. The van der Waals surface area contributed by atoms with Crippen LogP contribution in [0.25, 0.3) is 0 Å². The Labute approximate surface area is 62.9 Å². The third-order valence-corrected chi connectivity index (χ3v) is 1.78. The van der Waals surface area contributed by atoms with Crippen molar-refractivity contribution in [2.24, 2.45) is 11.8 Å². The Morgan fingerprint density at radius 1 is 0.900 bits per heavy atom. The van der Waals surface area contributed by atoms with Crippen molar-refractivity contribution in [3.05, 3.63) is 0 Å². The van der Waals surface area contributed by atoms with Crippen molar-refractivity contribution in [1.82, 2.24) is 0 Å². The molecule has 0 amide bonds. The number of hydrogen-bond donors (Lipinski definition) is 2. The van der Waals surface area contributed by atoms with Crippen molar-refractivity contribution in [3.63, 3.8) is 0 Å². The van der Waals surface area contributed by atoms with E-state index in [0.717, 1.165) is 12.8 Å². The predicted octanol–water partition coefficient (Wildman–Crippen LogP) is 1.02. The van der Waals surface area contributed by atoms with Gasteiger partial charge in [0.1, 0.15) is 0 Å². The van der Waals surface area contributed by atoms with E-state index >= 15 is 0 Å². The molecule has 2 atom stereocenters. The van der Waals surface area contributed by atoms with Gasteiger partial charge in [0.15, 0.2) is 0 Å². The van der Waals surface area contributed by atoms with Crippen molar-refractivity contribution >= 4 is 0 Å². The smallest absolute Gasteiger partial charge is 0.0456 e. The summed E-state index contributed by atoms with van der Waals surface area (Å²) in [5.41, 5.74) is 0. The van der Waals surface area contributed by atoms with Gasteiger partial charge in [0.05, 0.1) is 0 Å². The lowest BCUT2D eigenvalue weighted by Crippen LogP contribution is -2.06. The van der Waals surface area contributed by atoms with Crippen LogP contribution in [0.2, 0.25) is 0 Å². The van der Waals surface area contributed by atoms with Gasteiger partial charge in [-0.15, -0.1) is 0 Å². The van der Waals surface area contributed by atoms with Crippen LogP contribution in [-0.2, 0) is 0 Å². The number of aliphatic hydroxyl groups excluding tert-OH is 2. The van der Waals surface area contributed by atoms with Crippen molar-refractivity contribution in [2.45, 2.75) is 26.7 Å². The van der Waals surface area contributed by atoms with Gasteiger partial charge in [-0.3, -0.25) is 0 Å². The molecule has 0 heterocycles. The first-order valence-corrected chi connectivity index (χ1v) is 3.92. The minimum absolute atomic E-state index is 0.262. The zero-order valence-corrected chi connectivity index (χ0v) is 6.88. The number of hydrogen-bond acceptors (Lipinski definition) is 2. The fourth-order valence-corrected chi connectivity index (χ4v) is 0.752. The molecule has 62 valence electrons. The minimum Gasteiger partial charge on any atom is -0.396 e. The maximum atomic E-state index is 8.66. The van der Waals surface area contributed by atoms with Crippen LogP contribution in [-0.4, -0.2) is 23.4 Å². The summed E-state index contributed by atoms with van der Waals surface area (Å²) in [5.74, 6) is 0.767. The Hall–Kier alpha value is -0.0800. The molecule has 2 unspecified atom stereocenters. The predicted molar refractivity (Wildman–Crippen MR) is 41.7 cm³/mol. The van der Waals surface area contributed by atoms with Crippen molar-refractivity contribution in [1.29, 1.82) is 0 Å². The van der Waals surface area contributed by atoms with Crippen molar-refractivity contribution in [3.8, 4) is 0 Å². The molecule has 10 heavy (non-hydrogen) atoms. The Kier molecular flexibility index (Phi) is 5.64. The molecule has 0 aliphatic carbocycles. The van der Waals surface area contributed by atoms with E-state index in [4.69, 9.17) is 10.2 Å². The number of aliphatic hydroxyl groups is 2. The van der Waals surface area contributed by atoms with E-state index in [0.29, 0.717) is 11.8 Å². The highest BCUT2D eigenvalue weighted by Gasteiger charge is 2.03. The Morgan fingerprint density at radius 3 is 1.40 bits per heavy atom. The maximum absolute atomic E-state index is 8.66. The molecule has 0 fully saturated rings. The largest absolute Gasteiger partial charge is 0.396 e. The molecule has 0 spiro atoms. The van der Waals surface area contributed by atoms with Gasteiger partial charge in [-0.25, -0.2) is 0 Å². The van der Waals surface area contributed by atoms with E-state index < -0.39 is 0 Å². The molecule has 0 aromatic carbocycles. The molecule has 0 aromatic rings. The monoisotopic (exact) mass is 146 g/mol.